The smallest absolute Gasteiger partial charge is 0.339 e. The lowest BCUT2D eigenvalue weighted by atomic mass is 10.1. The van der Waals surface area contributed by atoms with Crippen molar-refractivity contribution < 1.29 is 33.9 Å². The summed E-state index contributed by atoms with van der Waals surface area (Å²) in [6.45, 7) is 1.69. The predicted molar refractivity (Wildman–Crippen MR) is 125 cm³/mol. The van der Waals surface area contributed by atoms with Crippen molar-refractivity contribution in [3.05, 3.63) is 91.9 Å². The Morgan fingerprint density at radius 3 is 2.50 bits per heavy atom. The largest absolute Gasteiger partial charge is 0.478 e. The first-order chi connectivity index (χ1) is 16.2. The maximum absolute atomic E-state index is 12.7. The molecule has 3 rings (SSSR count). The van der Waals surface area contributed by atoms with E-state index in [0.717, 1.165) is 6.07 Å². The van der Waals surface area contributed by atoms with Gasteiger partial charge in [0.1, 0.15) is 5.75 Å². The SMILES string of the molecule is CCOC(=O)c1ccc(Oc2ccc(Br)cc2NC(=O)c2cccc([N+](=O)[O-])c2)cc1C(=O)O. The number of halogens is 1. The highest BCUT2D eigenvalue weighted by Gasteiger charge is 2.20. The number of hydrogen-bond donors (Lipinski definition) is 2. The number of esters is 1. The van der Waals surface area contributed by atoms with Gasteiger partial charge >= 0.3 is 11.9 Å². The predicted octanol–water partition coefficient (Wildman–Crippen LogP) is 5.28. The third-order valence-corrected chi connectivity index (χ3v) is 4.95. The van der Waals surface area contributed by atoms with Gasteiger partial charge in [0.25, 0.3) is 11.6 Å². The molecule has 0 unspecified atom stereocenters. The van der Waals surface area contributed by atoms with Crippen LogP contribution in [-0.2, 0) is 4.74 Å². The van der Waals surface area contributed by atoms with E-state index in [2.05, 4.69) is 21.2 Å². The van der Waals surface area contributed by atoms with Crippen molar-refractivity contribution in [3.8, 4) is 11.5 Å². The number of carboxylic acid groups (broad SMARTS) is 1. The number of nitro benzene ring substituents is 1. The third kappa shape index (κ3) is 5.75. The van der Waals surface area contributed by atoms with Gasteiger partial charge < -0.3 is 19.9 Å². The minimum absolute atomic E-state index is 0.0621. The first-order valence-corrected chi connectivity index (χ1v) is 10.6. The molecule has 11 heteroatoms. The van der Waals surface area contributed by atoms with E-state index in [1.165, 1.54) is 42.5 Å². The van der Waals surface area contributed by atoms with Gasteiger partial charge in [-0.15, -0.1) is 0 Å². The number of ether oxygens (including phenoxy) is 2. The van der Waals surface area contributed by atoms with Crippen LogP contribution in [0.25, 0.3) is 0 Å². The molecule has 10 nitrogen and oxygen atoms in total. The second kappa shape index (κ2) is 10.6. The number of benzene rings is 3. The summed E-state index contributed by atoms with van der Waals surface area (Å²) < 4.78 is 11.3. The van der Waals surface area contributed by atoms with Gasteiger partial charge in [-0.1, -0.05) is 22.0 Å². The topological polar surface area (TPSA) is 145 Å². The Morgan fingerprint density at radius 2 is 1.82 bits per heavy atom. The van der Waals surface area contributed by atoms with Crippen molar-refractivity contribution in [2.75, 3.05) is 11.9 Å². The standard InChI is InChI=1S/C23H17BrN2O8/c1-2-33-23(30)17-8-7-16(12-18(17)22(28)29)34-20-9-6-14(24)11-19(20)25-21(27)13-4-3-5-15(10-13)26(31)32/h3-12H,2H2,1H3,(H,25,27)(H,28,29). The maximum Gasteiger partial charge on any atom is 0.339 e. The molecule has 3 aromatic rings. The summed E-state index contributed by atoms with van der Waals surface area (Å²) in [5.41, 5.74) is -0.391. The number of nitrogens with one attached hydrogen (secondary N) is 1. The number of nitro groups is 1. The Balaban J connectivity index is 1.91. The number of nitrogens with zero attached hydrogens (tertiary/aromatic N) is 1. The molecule has 34 heavy (non-hydrogen) atoms. The van der Waals surface area contributed by atoms with Crippen LogP contribution in [0.5, 0.6) is 11.5 Å². The zero-order valence-electron chi connectivity index (χ0n) is 17.6. The summed E-state index contributed by atoms with van der Waals surface area (Å²) in [4.78, 5) is 46.8. The van der Waals surface area contributed by atoms with Crippen LogP contribution in [0.1, 0.15) is 38.0 Å². The van der Waals surface area contributed by atoms with Crippen molar-refractivity contribution in [1.82, 2.24) is 0 Å². The van der Waals surface area contributed by atoms with Crippen LogP contribution in [0.4, 0.5) is 11.4 Å². The number of amides is 1. The molecule has 1 amide bonds. The highest BCUT2D eigenvalue weighted by atomic mass is 79.9. The Bertz CT molecular complexity index is 1290. The van der Waals surface area contributed by atoms with Crippen molar-refractivity contribution in [3.63, 3.8) is 0 Å². The highest BCUT2D eigenvalue weighted by Crippen LogP contribution is 2.33. The lowest BCUT2D eigenvalue weighted by molar-refractivity contribution is -0.384. The van der Waals surface area contributed by atoms with Gasteiger partial charge in [0.2, 0.25) is 0 Å². The number of aromatic carboxylic acids is 1. The molecule has 0 radical (unpaired) electrons. The van der Waals surface area contributed by atoms with Crippen LogP contribution in [-0.4, -0.2) is 34.5 Å². The molecule has 0 bridgehead atoms. The van der Waals surface area contributed by atoms with E-state index < -0.39 is 22.8 Å². The van der Waals surface area contributed by atoms with Gasteiger partial charge in [0, 0.05) is 22.2 Å². The normalized spacial score (nSPS) is 10.3. The lowest BCUT2D eigenvalue weighted by Crippen LogP contribution is -2.13. The molecule has 0 spiro atoms. The second-order valence-electron chi connectivity index (χ2n) is 6.74. The van der Waals surface area contributed by atoms with Crippen LogP contribution in [0.3, 0.4) is 0 Å². The number of rotatable bonds is 8. The second-order valence-corrected chi connectivity index (χ2v) is 7.65. The molecule has 174 valence electrons. The van der Waals surface area contributed by atoms with E-state index >= 15 is 0 Å². The molecule has 0 saturated carbocycles. The van der Waals surface area contributed by atoms with Gasteiger partial charge in [-0.3, -0.25) is 14.9 Å². The van der Waals surface area contributed by atoms with Crippen LogP contribution in [0.2, 0.25) is 0 Å². The van der Waals surface area contributed by atoms with Gasteiger partial charge in [0.05, 0.1) is 28.3 Å². The summed E-state index contributed by atoms with van der Waals surface area (Å²) in [6.07, 6.45) is 0. The van der Waals surface area contributed by atoms with Gasteiger partial charge in [-0.2, -0.15) is 0 Å². The van der Waals surface area contributed by atoms with E-state index in [1.54, 1.807) is 19.1 Å². The molecule has 2 N–H and O–H groups in total. The monoisotopic (exact) mass is 528 g/mol. The minimum atomic E-state index is -1.34. The van der Waals surface area contributed by atoms with Crippen LogP contribution in [0.15, 0.2) is 65.1 Å². The van der Waals surface area contributed by atoms with E-state index in [9.17, 15) is 29.6 Å². The van der Waals surface area contributed by atoms with Crippen LogP contribution in [0, 0.1) is 10.1 Å². The molecule has 0 aliphatic carbocycles. The van der Waals surface area contributed by atoms with Gasteiger partial charge in [-0.25, -0.2) is 9.59 Å². The van der Waals surface area contributed by atoms with Gasteiger partial charge in [-0.05, 0) is 49.4 Å². The van der Waals surface area contributed by atoms with Crippen molar-refractivity contribution in [2.24, 2.45) is 0 Å². The molecular formula is C23H17BrN2O8. The first kappa shape index (κ1) is 24.4. The summed E-state index contributed by atoms with van der Waals surface area (Å²) in [5.74, 6) is -2.47. The molecule has 0 heterocycles. The average Bonchev–Trinajstić information content (AvgIpc) is 2.80. The van der Waals surface area contributed by atoms with Crippen molar-refractivity contribution in [1.29, 1.82) is 0 Å². The molecule has 0 aliphatic heterocycles. The highest BCUT2D eigenvalue weighted by molar-refractivity contribution is 9.10. The molecule has 0 fully saturated rings. The fraction of sp³-hybridized carbons (Fsp3) is 0.0870. The number of carbonyl (C=O) groups excluding carboxylic acids is 2. The average molecular weight is 529 g/mol. The molecule has 3 aromatic carbocycles. The summed E-state index contributed by atoms with van der Waals surface area (Å²) >= 11 is 3.30. The van der Waals surface area contributed by atoms with E-state index in [-0.39, 0.29) is 46.2 Å². The number of anilines is 1. The summed E-state index contributed by atoms with van der Waals surface area (Å²) in [7, 11) is 0. The first-order valence-electron chi connectivity index (χ1n) is 9.77. The summed E-state index contributed by atoms with van der Waals surface area (Å²) in [6, 6.07) is 13.8. The fourth-order valence-electron chi connectivity index (χ4n) is 2.92. The fourth-order valence-corrected chi connectivity index (χ4v) is 3.28. The van der Waals surface area contributed by atoms with E-state index in [0.29, 0.717) is 4.47 Å². The van der Waals surface area contributed by atoms with Crippen LogP contribution < -0.4 is 10.1 Å². The number of hydrogen-bond acceptors (Lipinski definition) is 7. The zero-order valence-corrected chi connectivity index (χ0v) is 19.2. The molecule has 0 saturated heterocycles. The van der Waals surface area contributed by atoms with Gasteiger partial charge in [0.15, 0.2) is 5.75 Å². The Kier molecular flexibility index (Phi) is 7.59. The lowest BCUT2D eigenvalue weighted by Gasteiger charge is -2.14. The third-order valence-electron chi connectivity index (χ3n) is 4.45. The van der Waals surface area contributed by atoms with E-state index in [1.807, 2.05) is 0 Å². The Labute approximate surface area is 201 Å². The Morgan fingerprint density at radius 1 is 1.06 bits per heavy atom. The Hall–Kier alpha value is -4.25. The van der Waals surface area contributed by atoms with Crippen LogP contribution >= 0.6 is 15.9 Å². The number of carbonyl (C=O) groups is 3. The zero-order chi connectivity index (χ0) is 24.8. The van der Waals surface area contributed by atoms with Crippen molar-refractivity contribution in [2.45, 2.75) is 6.92 Å². The minimum Gasteiger partial charge on any atom is -0.478 e. The van der Waals surface area contributed by atoms with E-state index in [4.69, 9.17) is 9.47 Å². The molecule has 0 aliphatic rings. The number of non-ortho nitro benzene ring substituents is 1. The maximum atomic E-state index is 12.7. The number of carboxylic acids is 1. The molecule has 0 atom stereocenters. The summed E-state index contributed by atoms with van der Waals surface area (Å²) in [5, 5.41) is 23.1. The molecule has 0 aromatic heterocycles. The molecular weight excluding hydrogens is 512 g/mol. The van der Waals surface area contributed by atoms with Crippen molar-refractivity contribution >= 4 is 45.2 Å². The quantitative estimate of drug-likeness (QED) is 0.228.